The molecule has 0 aliphatic heterocycles. The Kier molecular flexibility index (Phi) is 4.33. The summed E-state index contributed by atoms with van der Waals surface area (Å²) in [4.78, 5) is 2.89. The van der Waals surface area contributed by atoms with Crippen molar-refractivity contribution in [3.8, 4) is 11.6 Å². The summed E-state index contributed by atoms with van der Waals surface area (Å²) in [6.45, 7) is 3.73. The van der Waals surface area contributed by atoms with Crippen LogP contribution in [0.4, 0.5) is 5.69 Å². The molecule has 0 bridgehead atoms. The molecular weight excluding hydrogens is 352 g/mol. The van der Waals surface area contributed by atoms with Crippen LogP contribution in [-0.4, -0.2) is 23.6 Å². The molecule has 3 rings (SSSR count). The third-order valence-corrected chi connectivity index (χ3v) is 5.16. The first kappa shape index (κ1) is 16.5. The van der Waals surface area contributed by atoms with Crippen LogP contribution in [0.5, 0.6) is 0 Å². The van der Waals surface area contributed by atoms with Gasteiger partial charge < -0.3 is 9.40 Å². The maximum absolute atomic E-state index is 12.5. The number of halogens is 1. The topological polar surface area (TPSA) is 101 Å². The first-order chi connectivity index (χ1) is 11.4. The van der Waals surface area contributed by atoms with Crippen molar-refractivity contribution in [2.45, 2.75) is 25.2 Å². The lowest BCUT2D eigenvalue weighted by molar-refractivity contribution is 0.511. The molecule has 0 amide bonds. The summed E-state index contributed by atoms with van der Waals surface area (Å²) in [5.74, 6) is 0.725. The van der Waals surface area contributed by atoms with Gasteiger partial charge in [-0.05, 0) is 30.7 Å². The molecule has 9 heteroatoms. The fraction of sp³-hybridized carbons (Fsp3) is 0.200. The number of aryl methyl sites for hydroxylation is 2. The molecule has 0 aliphatic carbocycles. The lowest BCUT2D eigenvalue weighted by atomic mass is 10.2. The zero-order valence-electron chi connectivity index (χ0n) is 13.0. The van der Waals surface area contributed by atoms with Gasteiger partial charge in [-0.1, -0.05) is 24.6 Å². The Bertz CT molecular complexity index is 978. The van der Waals surface area contributed by atoms with Gasteiger partial charge in [-0.2, -0.15) is 0 Å². The van der Waals surface area contributed by atoms with Gasteiger partial charge in [0, 0.05) is 17.6 Å². The van der Waals surface area contributed by atoms with Crippen molar-refractivity contribution in [1.29, 1.82) is 0 Å². The van der Waals surface area contributed by atoms with Crippen LogP contribution in [0.3, 0.4) is 0 Å². The van der Waals surface area contributed by atoms with Crippen LogP contribution in [0, 0.1) is 6.92 Å². The lowest BCUT2D eigenvalue weighted by Crippen LogP contribution is -2.12. The van der Waals surface area contributed by atoms with Gasteiger partial charge in [0.15, 0.2) is 0 Å². The number of sulfonamides is 1. The zero-order valence-corrected chi connectivity index (χ0v) is 14.6. The van der Waals surface area contributed by atoms with E-state index in [-0.39, 0.29) is 10.8 Å². The second kappa shape index (κ2) is 6.29. The van der Waals surface area contributed by atoms with Crippen molar-refractivity contribution in [1.82, 2.24) is 15.2 Å². The van der Waals surface area contributed by atoms with Crippen molar-refractivity contribution < 1.29 is 12.8 Å². The SMILES string of the molecule is CCc1nnc(-c2cc(S(=O)(=O)Nc3ccc(C)c(Cl)c3)c[nH]2)o1. The number of nitrogens with one attached hydrogen (secondary N) is 2. The van der Waals surface area contributed by atoms with E-state index in [1.54, 1.807) is 18.2 Å². The van der Waals surface area contributed by atoms with Crippen LogP contribution in [-0.2, 0) is 16.4 Å². The molecule has 0 saturated carbocycles. The van der Waals surface area contributed by atoms with Crippen LogP contribution in [0.15, 0.2) is 39.8 Å². The number of H-pyrrole nitrogens is 1. The van der Waals surface area contributed by atoms with Crippen LogP contribution >= 0.6 is 11.6 Å². The number of rotatable bonds is 5. The summed E-state index contributed by atoms with van der Waals surface area (Å²) >= 11 is 6.02. The molecule has 0 aliphatic rings. The molecule has 0 unspecified atom stereocenters. The van der Waals surface area contributed by atoms with Crippen molar-refractivity contribution >= 4 is 27.3 Å². The summed E-state index contributed by atoms with van der Waals surface area (Å²) in [5, 5.41) is 8.22. The van der Waals surface area contributed by atoms with Crippen LogP contribution in [0.2, 0.25) is 5.02 Å². The van der Waals surface area contributed by atoms with Crippen molar-refractivity contribution in [2.24, 2.45) is 0 Å². The molecule has 2 N–H and O–H groups in total. The smallest absolute Gasteiger partial charge is 0.264 e. The number of anilines is 1. The Hall–Kier alpha value is -2.32. The third kappa shape index (κ3) is 3.29. The Balaban J connectivity index is 1.86. The Morgan fingerprint density at radius 1 is 1.29 bits per heavy atom. The van der Waals surface area contributed by atoms with Gasteiger partial charge in [-0.15, -0.1) is 10.2 Å². The molecule has 0 atom stereocenters. The van der Waals surface area contributed by atoms with E-state index in [2.05, 4.69) is 19.9 Å². The van der Waals surface area contributed by atoms with Crippen LogP contribution < -0.4 is 4.72 Å². The van der Waals surface area contributed by atoms with Crippen LogP contribution in [0.25, 0.3) is 11.6 Å². The van der Waals surface area contributed by atoms with E-state index in [9.17, 15) is 8.42 Å². The maximum atomic E-state index is 12.5. The number of hydrogen-bond acceptors (Lipinski definition) is 5. The number of hydrogen-bond donors (Lipinski definition) is 2. The summed E-state index contributed by atoms with van der Waals surface area (Å²) < 4.78 is 32.8. The predicted octanol–water partition coefficient (Wildman–Crippen LogP) is 3.39. The van der Waals surface area contributed by atoms with Gasteiger partial charge in [0.25, 0.3) is 15.9 Å². The average Bonchev–Trinajstić information content (AvgIpc) is 3.19. The molecule has 24 heavy (non-hydrogen) atoms. The average molecular weight is 367 g/mol. The summed E-state index contributed by atoms with van der Waals surface area (Å²) in [6, 6.07) is 6.39. The Morgan fingerprint density at radius 3 is 2.75 bits per heavy atom. The van der Waals surface area contributed by atoms with Gasteiger partial charge in [-0.3, -0.25) is 4.72 Å². The van der Waals surface area contributed by atoms with E-state index in [4.69, 9.17) is 16.0 Å². The quantitative estimate of drug-likeness (QED) is 0.720. The minimum atomic E-state index is -3.76. The van der Waals surface area contributed by atoms with Gasteiger partial charge in [-0.25, -0.2) is 8.42 Å². The first-order valence-corrected chi connectivity index (χ1v) is 9.05. The standard InChI is InChI=1S/C15H15ClN4O3S/c1-3-14-18-19-15(23-14)13-7-11(8-17-13)24(21,22)20-10-5-4-9(2)12(16)6-10/h4-8,17,20H,3H2,1-2H3. The van der Waals surface area contributed by atoms with E-state index in [1.807, 2.05) is 13.8 Å². The first-order valence-electron chi connectivity index (χ1n) is 7.19. The summed E-state index contributed by atoms with van der Waals surface area (Å²) in [7, 11) is -3.76. The lowest BCUT2D eigenvalue weighted by Gasteiger charge is -2.07. The molecule has 7 nitrogen and oxygen atoms in total. The van der Waals surface area contributed by atoms with E-state index >= 15 is 0 Å². The molecule has 0 fully saturated rings. The second-order valence-electron chi connectivity index (χ2n) is 5.17. The van der Waals surface area contributed by atoms with E-state index in [1.165, 1.54) is 12.3 Å². The molecule has 1 aromatic carbocycles. The van der Waals surface area contributed by atoms with Crippen molar-refractivity contribution in [2.75, 3.05) is 4.72 Å². The van der Waals surface area contributed by atoms with Crippen molar-refractivity contribution in [3.63, 3.8) is 0 Å². The summed E-state index contributed by atoms with van der Waals surface area (Å²) in [6.07, 6.45) is 1.97. The largest absolute Gasteiger partial charge is 0.419 e. The minimum Gasteiger partial charge on any atom is -0.419 e. The van der Waals surface area contributed by atoms with E-state index < -0.39 is 10.0 Å². The molecule has 0 radical (unpaired) electrons. The highest BCUT2D eigenvalue weighted by molar-refractivity contribution is 7.92. The zero-order chi connectivity index (χ0) is 17.3. The van der Waals surface area contributed by atoms with Crippen LogP contribution in [0.1, 0.15) is 18.4 Å². The molecule has 2 aromatic heterocycles. The highest BCUT2D eigenvalue weighted by Crippen LogP contribution is 2.25. The number of benzene rings is 1. The molecule has 0 spiro atoms. The fourth-order valence-electron chi connectivity index (χ4n) is 2.03. The molecular formula is C15H15ClN4O3S. The number of nitrogens with zero attached hydrogens (tertiary/aromatic N) is 2. The molecule has 3 aromatic rings. The highest BCUT2D eigenvalue weighted by Gasteiger charge is 2.19. The van der Waals surface area contributed by atoms with Crippen molar-refractivity contribution in [3.05, 3.63) is 46.9 Å². The van der Waals surface area contributed by atoms with E-state index in [0.717, 1.165) is 5.56 Å². The number of aromatic nitrogens is 3. The Labute approximate surface area is 144 Å². The second-order valence-corrected chi connectivity index (χ2v) is 7.26. The fourth-order valence-corrected chi connectivity index (χ4v) is 3.25. The predicted molar refractivity (Wildman–Crippen MR) is 90.5 cm³/mol. The van der Waals surface area contributed by atoms with Gasteiger partial charge in [0.2, 0.25) is 5.89 Å². The number of aromatic amines is 1. The van der Waals surface area contributed by atoms with Gasteiger partial charge >= 0.3 is 0 Å². The molecule has 2 heterocycles. The maximum Gasteiger partial charge on any atom is 0.264 e. The summed E-state index contributed by atoms with van der Waals surface area (Å²) in [5.41, 5.74) is 1.69. The normalized spacial score (nSPS) is 11.6. The van der Waals surface area contributed by atoms with Gasteiger partial charge in [0.1, 0.15) is 10.6 Å². The van der Waals surface area contributed by atoms with E-state index in [0.29, 0.717) is 28.7 Å². The monoisotopic (exact) mass is 366 g/mol. The van der Waals surface area contributed by atoms with Gasteiger partial charge in [0.05, 0.1) is 5.69 Å². The third-order valence-electron chi connectivity index (χ3n) is 3.39. The molecule has 126 valence electrons. The Morgan fingerprint density at radius 2 is 2.08 bits per heavy atom. The highest BCUT2D eigenvalue weighted by atomic mass is 35.5. The molecule has 0 saturated heterocycles. The minimum absolute atomic E-state index is 0.0606.